The van der Waals surface area contributed by atoms with E-state index in [4.69, 9.17) is 4.74 Å². The van der Waals surface area contributed by atoms with Crippen LogP contribution in [0.4, 0.5) is 0 Å². The van der Waals surface area contributed by atoms with Crippen LogP contribution in [0.5, 0.6) is 5.75 Å². The van der Waals surface area contributed by atoms with Gasteiger partial charge in [-0.1, -0.05) is 42.5 Å². The summed E-state index contributed by atoms with van der Waals surface area (Å²) in [4.78, 5) is 12.0. The predicted molar refractivity (Wildman–Crippen MR) is 96.4 cm³/mol. The molecular weight excluding hydrogens is 300 g/mol. The van der Waals surface area contributed by atoms with E-state index in [0.717, 1.165) is 22.3 Å². The summed E-state index contributed by atoms with van der Waals surface area (Å²) in [6.07, 6.45) is 1.91. The lowest BCUT2D eigenvalue weighted by Crippen LogP contribution is -2.19. The number of amides is 1. The number of hydrogen-bond donors (Lipinski definition) is 1. The maximum absolute atomic E-state index is 12.0. The number of carbonyl (C=O) groups excluding carboxylic acids is 1. The Morgan fingerprint density at radius 3 is 2.54 bits per heavy atom. The van der Waals surface area contributed by atoms with E-state index in [9.17, 15) is 4.79 Å². The second-order valence-electron chi connectivity index (χ2n) is 5.42. The van der Waals surface area contributed by atoms with E-state index in [1.54, 1.807) is 13.3 Å². The van der Waals surface area contributed by atoms with Gasteiger partial charge < -0.3 is 4.74 Å². The fourth-order valence-corrected chi connectivity index (χ4v) is 2.44. The first-order valence-corrected chi connectivity index (χ1v) is 7.68. The standard InChI is InChI=1S/C20H18N2O2/c1-24-19-10-7-15(8-11-19)14-21-22-20(23)13-16-6-9-17-4-2-3-5-18(17)12-16/h2-12,14H,13H2,1H3,(H,22,23)/b21-14+. The van der Waals surface area contributed by atoms with Gasteiger partial charge in [-0.15, -0.1) is 0 Å². The van der Waals surface area contributed by atoms with Crippen LogP contribution in [-0.4, -0.2) is 19.2 Å². The maximum atomic E-state index is 12.0. The summed E-state index contributed by atoms with van der Waals surface area (Å²) in [6, 6.07) is 21.5. The van der Waals surface area contributed by atoms with Gasteiger partial charge in [0.05, 0.1) is 19.7 Å². The second kappa shape index (κ2) is 7.42. The topological polar surface area (TPSA) is 50.7 Å². The van der Waals surface area contributed by atoms with Crippen LogP contribution in [0.2, 0.25) is 0 Å². The summed E-state index contributed by atoms with van der Waals surface area (Å²) in [6.45, 7) is 0. The first-order chi connectivity index (χ1) is 11.7. The number of nitrogens with one attached hydrogen (secondary N) is 1. The number of ether oxygens (including phenoxy) is 1. The van der Waals surface area contributed by atoms with Gasteiger partial charge in [-0.2, -0.15) is 5.10 Å². The van der Waals surface area contributed by atoms with Crippen molar-refractivity contribution in [1.82, 2.24) is 5.43 Å². The van der Waals surface area contributed by atoms with Crippen molar-refractivity contribution in [3.8, 4) is 5.75 Å². The highest BCUT2D eigenvalue weighted by Gasteiger charge is 2.03. The van der Waals surface area contributed by atoms with Crippen LogP contribution in [-0.2, 0) is 11.2 Å². The lowest BCUT2D eigenvalue weighted by Gasteiger charge is -2.03. The number of rotatable bonds is 5. The Balaban J connectivity index is 1.58. The zero-order valence-corrected chi connectivity index (χ0v) is 13.4. The molecule has 0 atom stereocenters. The molecule has 0 aliphatic rings. The molecule has 3 rings (SSSR count). The predicted octanol–water partition coefficient (Wildman–Crippen LogP) is 3.54. The zero-order chi connectivity index (χ0) is 16.8. The third kappa shape index (κ3) is 3.98. The van der Waals surface area contributed by atoms with Gasteiger partial charge >= 0.3 is 0 Å². The average Bonchev–Trinajstić information content (AvgIpc) is 2.62. The molecule has 4 heteroatoms. The van der Waals surface area contributed by atoms with Gasteiger partial charge in [-0.05, 0) is 46.2 Å². The van der Waals surface area contributed by atoms with Crippen molar-refractivity contribution < 1.29 is 9.53 Å². The molecule has 0 saturated heterocycles. The SMILES string of the molecule is COc1ccc(/C=N/NC(=O)Cc2ccc3ccccc3c2)cc1. The summed E-state index contributed by atoms with van der Waals surface area (Å²) < 4.78 is 5.09. The average molecular weight is 318 g/mol. The Bertz CT molecular complexity index is 870. The van der Waals surface area contributed by atoms with E-state index in [1.807, 2.05) is 60.7 Å². The monoisotopic (exact) mass is 318 g/mol. The van der Waals surface area contributed by atoms with Gasteiger partial charge in [0, 0.05) is 0 Å². The first-order valence-electron chi connectivity index (χ1n) is 7.68. The van der Waals surface area contributed by atoms with Crippen molar-refractivity contribution in [2.75, 3.05) is 7.11 Å². The van der Waals surface area contributed by atoms with Crippen molar-refractivity contribution in [3.05, 3.63) is 77.9 Å². The molecule has 0 aliphatic heterocycles. The van der Waals surface area contributed by atoms with E-state index < -0.39 is 0 Å². The molecule has 0 spiro atoms. The maximum Gasteiger partial charge on any atom is 0.244 e. The molecule has 0 bridgehead atoms. The molecular formula is C20H18N2O2. The molecule has 120 valence electrons. The second-order valence-corrected chi connectivity index (χ2v) is 5.42. The minimum atomic E-state index is -0.143. The number of benzene rings is 3. The van der Waals surface area contributed by atoms with Gasteiger partial charge in [0.25, 0.3) is 0 Å². The van der Waals surface area contributed by atoms with Gasteiger partial charge in [-0.25, -0.2) is 5.43 Å². The summed E-state index contributed by atoms with van der Waals surface area (Å²) in [5.41, 5.74) is 4.41. The van der Waals surface area contributed by atoms with Gasteiger partial charge in [0.15, 0.2) is 0 Å². The molecule has 0 saturated carbocycles. The summed E-state index contributed by atoms with van der Waals surface area (Å²) in [7, 11) is 1.62. The lowest BCUT2D eigenvalue weighted by atomic mass is 10.1. The van der Waals surface area contributed by atoms with Crippen LogP contribution in [0.15, 0.2) is 71.8 Å². The third-order valence-corrected chi connectivity index (χ3v) is 3.70. The van der Waals surface area contributed by atoms with Crippen molar-refractivity contribution >= 4 is 22.9 Å². The third-order valence-electron chi connectivity index (χ3n) is 3.70. The highest BCUT2D eigenvalue weighted by Crippen LogP contribution is 2.16. The Morgan fingerprint density at radius 2 is 1.79 bits per heavy atom. The van der Waals surface area contributed by atoms with E-state index in [1.165, 1.54) is 5.39 Å². The number of nitrogens with zero attached hydrogens (tertiary/aromatic N) is 1. The first kappa shape index (κ1) is 15.7. The summed E-state index contributed by atoms with van der Waals surface area (Å²) in [5, 5.41) is 6.29. The molecule has 0 radical (unpaired) electrons. The van der Waals surface area contributed by atoms with Crippen molar-refractivity contribution in [3.63, 3.8) is 0 Å². The Hall–Kier alpha value is -3.14. The fraction of sp³-hybridized carbons (Fsp3) is 0.100. The molecule has 3 aromatic rings. The van der Waals surface area contributed by atoms with Gasteiger partial charge in [-0.3, -0.25) is 4.79 Å². The van der Waals surface area contributed by atoms with Crippen LogP contribution in [0, 0.1) is 0 Å². The zero-order valence-electron chi connectivity index (χ0n) is 13.4. The lowest BCUT2D eigenvalue weighted by molar-refractivity contribution is -0.120. The van der Waals surface area contributed by atoms with E-state index in [2.05, 4.69) is 16.6 Å². The number of methoxy groups -OCH3 is 1. The molecule has 0 unspecified atom stereocenters. The fourth-order valence-electron chi connectivity index (χ4n) is 2.44. The van der Waals surface area contributed by atoms with E-state index in [-0.39, 0.29) is 5.91 Å². The molecule has 3 aromatic carbocycles. The minimum absolute atomic E-state index is 0.143. The van der Waals surface area contributed by atoms with Crippen LogP contribution < -0.4 is 10.2 Å². The normalized spacial score (nSPS) is 10.9. The van der Waals surface area contributed by atoms with Crippen LogP contribution >= 0.6 is 0 Å². The smallest absolute Gasteiger partial charge is 0.244 e. The van der Waals surface area contributed by atoms with Crippen LogP contribution in [0.25, 0.3) is 10.8 Å². The number of carbonyl (C=O) groups is 1. The van der Waals surface area contributed by atoms with Gasteiger partial charge in [0.2, 0.25) is 5.91 Å². The van der Waals surface area contributed by atoms with E-state index >= 15 is 0 Å². The highest BCUT2D eigenvalue weighted by atomic mass is 16.5. The number of fused-ring (bicyclic) bond motifs is 1. The molecule has 0 aromatic heterocycles. The van der Waals surface area contributed by atoms with Gasteiger partial charge in [0.1, 0.15) is 5.75 Å². The summed E-state index contributed by atoms with van der Waals surface area (Å²) >= 11 is 0. The van der Waals surface area contributed by atoms with Crippen molar-refractivity contribution in [1.29, 1.82) is 0 Å². The Morgan fingerprint density at radius 1 is 1.04 bits per heavy atom. The highest BCUT2D eigenvalue weighted by molar-refractivity contribution is 5.86. The molecule has 0 heterocycles. The molecule has 0 aliphatic carbocycles. The molecule has 1 N–H and O–H groups in total. The Kier molecular flexibility index (Phi) is 4.87. The Labute approximate surface area is 140 Å². The molecule has 4 nitrogen and oxygen atoms in total. The van der Waals surface area contributed by atoms with E-state index in [0.29, 0.717) is 6.42 Å². The number of hydrogen-bond acceptors (Lipinski definition) is 3. The number of hydrazone groups is 1. The largest absolute Gasteiger partial charge is 0.497 e. The van der Waals surface area contributed by atoms with Crippen molar-refractivity contribution in [2.24, 2.45) is 5.10 Å². The summed E-state index contributed by atoms with van der Waals surface area (Å²) in [5.74, 6) is 0.641. The quantitative estimate of drug-likeness (QED) is 0.578. The minimum Gasteiger partial charge on any atom is -0.497 e. The van der Waals surface area contributed by atoms with Crippen LogP contribution in [0.3, 0.4) is 0 Å². The van der Waals surface area contributed by atoms with Crippen molar-refractivity contribution in [2.45, 2.75) is 6.42 Å². The molecule has 0 fully saturated rings. The molecule has 24 heavy (non-hydrogen) atoms. The van der Waals surface area contributed by atoms with Crippen LogP contribution in [0.1, 0.15) is 11.1 Å². The molecule has 1 amide bonds.